The van der Waals surface area contributed by atoms with Gasteiger partial charge in [-0.25, -0.2) is 14.4 Å². The normalized spacial score (nSPS) is 11.1. The van der Waals surface area contributed by atoms with E-state index in [1.54, 1.807) is 6.07 Å². The lowest BCUT2D eigenvalue weighted by molar-refractivity contribution is 0.629. The topological polar surface area (TPSA) is 37.8 Å². The molecule has 0 amide bonds. The van der Waals surface area contributed by atoms with Crippen molar-refractivity contribution in [1.29, 1.82) is 0 Å². The number of fused-ring (bicyclic) bond motifs is 3. The highest BCUT2D eigenvalue weighted by Gasteiger charge is 2.19. The molecular formula is C18H10BrClFN3. The van der Waals surface area contributed by atoms with Crippen LogP contribution in [0.5, 0.6) is 0 Å². The molecule has 0 atom stereocenters. The summed E-state index contributed by atoms with van der Waals surface area (Å²) in [6.45, 7) is 0. The molecule has 0 spiro atoms. The molecule has 24 heavy (non-hydrogen) atoms. The van der Waals surface area contributed by atoms with Crippen molar-refractivity contribution >= 4 is 49.9 Å². The molecule has 1 N–H and O–H groups in total. The summed E-state index contributed by atoms with van der Waals surface area (Å²) >= 11 is 9.36. The summed E-state index contributed by atoms with van der Waals surface area (Å²) < 4.78 is 14.6. The summed E-state index contributed by atoms with van der Waals surface area (Å²) in [5.74, 6) is 0.135. The van der Waals surface area contributed by atoms with Crippen LogP contribution < -0.4 is 5.32 Å². The Balaban J connectivity index is 1.92. The van der Waals surface area contributed by atoms with E-state index in [9.17, 15) is 4.39 Å². The van der Waals surface area contributed by atoms with Crippen molar-refractivity contribution in [1.82, 2.24) is 9.97 Å². The molecule has 0 unspecified atom stereocenters. The highest BCUT2D eigenvalue weighted by atomic mass is 79.9. The molecule has 1 aromatic carbocycles. The average Bonchev–Trinajstić information content (AvgIpc) is 2.75. The largest absolute Gasteiger partial charge is 0.340 e. The van der Waals surface area contributed by atoms with E-state index in [0.717, 1.165) is 26.5 Å². The third-order valence-corrected chi connectivity index (χ3v) is 4.89. The number of anilines is 2. The smallest absolute Gasteiger partial charge is 0.143 e. The van der Waals surface area contributed by atoms with Gasteiger partial charge in [-0.2, -0.15) is 0 Å². The van der Waals surface area contributed by atoms with Crippen LogP contribution >= 0.6 is 27.5 Å². The van der Waals surface area contributed by atoms with E-state index in [-0.39, 0.29) is 5.02 Å². The molecule has 0 fully saturated rings. The molecule has 0 radical (unpaired) electrons. The number of nitrogens with zero attached hydrogens (tertiary/aromatic N) is 2. The van der Waals surface area contributed by atoms with Gasteiger partial charge in [-0.1, -0.05) is 41.9 Å². The van der Waals surface area contributed by atoms with Gasteiger partial charge in [0.05, 0.1) is 20.4 Å². The Morgan fingerprint density at radius 2 is 1.79 bits per heavy atom. The zero-order valence-corrected chi connectivity index (χ0v) is 14.6. The monoisotopic (exact) mass is 401 g/mol. The third kappa shape index (κ3) is 2.50. The lowest BCUT2D eigenvalue weighted by Gasteiger charge is -2.08. The first kappa shape index (κ1) is 15.3. The van der Waals surface area contributed by atoms with E-state index in [0.29, 0.717) is 11.5 Å². The van der Waals surface area contributed by atoms with Gasteiger partial charge in [0.15, 0.2) is 0 Å². The van der Waals surface area contributed by atoms with Gasteiger partial charge in [0, 0.05) is 5.69 Å². The standard InChI is InChI=1S/C18H10BrClFN3/c19-16-12-5-3-1-2-4-11(12)15-17(16)22-9-23-18(15)24-10-6-7-13(20)14(21)8-10/h1-9H,(H,22,23,24). The Hall–Kier alpha value is -2.24. The van der Waals surface area contributed by atoms with Crippen LogP contribution in [-0.4, -0.2) is 9.97 Å². The zero-order chi connectivity index (χ0) is 16.7. The summed E-state index contributed by atoms with van der Waals surface area (Å²) in [7, 11) is 0. The number of hydrogen-bond acceptors (Lipinski definition) is 3. The second-order valence-electron chi connectivity index (χ2n) is 5.25. The molecule has 0 saturated carbocycles. The maximum atomic E-state index is 13.7. The molecule has 2 aliphatic carbocycles. The van der Waals surface area contributed by atoms with Gasteiger partial charge in [-0.15, -0.1) is 0 Å². The molecule has 3 nitrogen and oxygen atoms in total. The molecule has 6 heteroatoms. The number of nitrogens with one attached hydrogen (secondary N) is 1. The van der Waals surface area contributed by atoms with E-state index in [4.69, 9.17) is 11.6 Å². The second-order valence-corrected chi connectivity index (χ2v) is 6.45. The number of rotatable bonds is 2. The van der Waals surface area contributed by atoms with Crippen molar-refractivity contribution in [3.8, 4) is 11.1 Å². The van der Waals surface area contributed by atoms with E-state index < -0.39 is 5.82 Å². The molecule has 118 valence electrons. The third-order valence-electron chi connectivity index (χ3n) is 3.78. The highest BCUT2D eigenvalue weighted by molar-refractivity contribution is 9.10. The van der Waals surface area contributed by atoms with Crippen molar-refractivity contribution in [2.45, 2.75) is 0 Å². The quantitative estimate of drug-likeness (QED) is 0.444. The van der Waals surface area contributed by atoms with Gasteiger partial charge in [0.1, 0.15) is 18.0 Å². The van der Waals surface area contributed by atoms with Crippen molar-refractivity contribution in [3.05, 3.63) is 70.2 Å². The van der Waals surface area contributed by atoms with Crippen LogP contribution in [0.3, 0.4) is 0 Å². The fourth-order valence-corrected chi connectivity index (χ4v) is 3.46. The molecule has 0 saturated heterocycles. The fourth-order valence-electron chi connectivity index (χ4n) is 2.70. The number of aromatic nitrogens is 2. The van der Waals surface area contributed by atoms with Crippen molar-refractivity contribution in [2.24, 2.45) is 0 Å². The number of halogens is 3. The SMILES string of the molecule is Fc1cc(Nc2ncnc3c(Br)c4cccccc-4c23)ccc1Cl. The summed E-state index contributed by atoms with van der Waals surface area (Å²) in [6.07, 6.45) is 1.49. The minimum Gasteiger partial charge on any atom is -0.340 e. The van der Waals surface area contributed by atoms with Crippen LogP contribution in [0.25, 0.3) is 22.0 Å². The van der Waals surface area contributed by atoms with Crippen LogP contribution in [0.1, 0.15) is 0 Å². The van der Waals surface area contributed by atoms with Crippen molar-refractivity contribution < 1.29 is 4.39 Å². The number of benzene rings is 1. The lowest BCUT2D eigenvalue weighted by Crippen LogP contribution is -1.96. The Labute approximate surface area is 151 Å². The van der Waals surface area contributed by atoms with E-state index >= 15 is 0 Å². The minimum atomic E-state index is -0.480. The second kappa shape index (κ2) is 6.00. The van der Waals surface area contributed by atoms with Gasteiger partial charge >= 0.3 is 0 Å². The summed E-state index contributed by atoms with van der Waals surface area (Å²) in [6, 6.07) is 14.5. The average molecular weight is 403 g/mol. The molecule has 0 aliphatic heterocycles. The first-order chi connectivity index (χ1) is 11.6. The Morgan fingerprint density at radius 1 is 1.00 bits per heavy atom. The van der Waals surface area contributed by atoms with Crippen LogP contribution in [0.15, 0.2) is 59.3 Å². The fraction of sp³-hybridized carbons (Fsp3) is 0. The zero-order valence-electron chi connectivity index (χ0n) is 12.2. The molecule has 2 aliphatic rings. The maximum absolute atomic E-state index is 13.7. The van der Waals surface area contributed by atoms with Crippen LogP contribution in [0.4, 0.5) is 15.9 Å². The Morgan fingerprint density at radius 3 is 2.58 bits per heavy atom. The van der Waals surface area contributed by atoms with Gasteiger partial charge in [-0.05, 0) is 45.3 Å². The first-order valence-corrected chi connectivity index (χ1v) is 8.35. The predicted molar refractivity (Wildman–Crippen MR) is 98.6 cm³/mol. The predicted octanol–water partition coefficient (Wildman–Crippen LogP) is 6.03. The van der Waals surface area contributed by atoms with Crippen LogP contribution in [-0.2, 0) is 0 Å². The summed E-state index contributed by atoms with van der Waals surface area (Å²) in [5, 5.41) is 4.13. The molecule has 0 bridgehead atoms. The van der Waals surface area contributed by atoms with Gasteiger partial charge < -0.3 is 5.32 Å². The van der Waals surface area contributed by atoms with Gasteiger partial charge in [0.25, 0.3) is 0 Å². The molecule has 2 aromatic rings. The van der Waals surface area contributed by atoms with Crippen LogP contribution in [0.2, 0.25) is 5.02 Å². The van der Waals surface area contributed by atoms with Crippen LogP contribution in [0, 0.1) is 5.82 Å². The van der Waals surface area contributed by atoms with E-state index in [1.807, 2.05) is 30.3 Å². The minimum absolute atomic E-state index is 0.0851. The van der Waals surface area contributed by atoms with Gasteiger partial charge in [-0.3, -0.25) is 0 Å². The maximum Gasteiger partial charge on any atom is 0.143 e. The van der Waals surface area contributed by atoms with E-state index in [1.165, 1.54) is 18.5 Å². The molecule has 1 heterocycles. The molecule has 1 aromatic heterocycles. The Bertz CT molecular complexity index is 1040. The molecular weight excluding hydrogens is 393 g/mol. The van der Waals surface area contributed by atoms with E-state index in [2.05, 4.69) is 31.2 Å². The Kier molecular flexibility index (Phi) is 3.82. The summed E-state index contributed by atoms with van der Waals surface area (Å²) in [5.41, 5.74) is 3.44. The van der Waals surface area contributed by atoms with Crippen molar-refractivity contribution in [2.75, 3.05) is 5.32 Å². The van der Waals surface area contributed by atoms with Gasteiger partial charge in [0.2, 0.25) is 0 Å². The first-order valence-electron chi connectivity index (χ1n) is 7.18. The molecule has 4 rings (SSSR count). The van der Waals surface area contributed by atoms with Crippen molar-refractivity contribution in [3.63, 3.8) is 0 Å². The number of hydrogen-bond donors (Lipinski definition) is 1. The summed E-state index contributed by atoms with van der Waals surface area (Å²) in [4.78, 5) is 8.72. The lowest BCUT2D eigenvalue weighted by atomic mass is 10.1. The highest BCUT2D eigenvalue weighted by Crippen LogP contribution is 2.43.